The number of nitrogens with zero attached hydrogens (tertiary/aromatic N) is 1. The molecule has 0 saturated heterocycles. The minimum absolute atomic E-state index is 0.0154. The Morgan fingerprint density at radius 3 is 2.31 bits per heavy atom. The molecule has 0 saturated carbocycles. The van der Waals surface area contributed by atoms with Crippen LogP contribution in [0.25, 0.3) is 0 Å². The summed E-state index contributed by atoms with van der Waals surface area (Å²) in [7, 11) is 0. The third kappa shape index (κ3) is 5.20. The normalized spacial score (nSPS) is 10.7. The molecule has 7 nitrogen and oxygen atoms in total. The Labute approximate surface area is 166 Å². The van der Waals surface area contributed by atoms with E-state index in [1.165, 1.54) is 18.3 Å². The summed E-state index contributed by atoms with van der Waals surface area (Å²) in [5, 5.41) is 22.7. The second-order valence-corrected chi connectivity index (χ2v) is 6.23. The zero-order chi connectivity index (χ0) is 20.8. The molecule has 0 fully saturated rings. The van der Waals surface area contributed by atoms with Gasteiger partial charge in [-0.3, -0.25) is 4.79 Å². The molecule has 7 heteroatoms. The molecule has 29 heavy (non-hydrogen) atoms. The predicted molar refractivity (Wildman–Crippen MR) is 107 cm³/mol. The van der Waals surface area contributed by atoms with Gasteiger partial charge in [-0.2, -0.15) is 5.10 Å². The highest BCUT2D eigenvalue weighted by Crippen LogP contribution is 2.22. The van der Waals surface area contributed by atoms with Crippen LogP contribution in [-0.4, -0.2) is 28.3 Å². The number of esters is 1. The molecule has 1 amide bonds. The van der Waals surface area contributed by atoms with E-state index in [-0.39, 0.29) is 17.1 Å². The molecule has 0 aliphatic rings. The van der Waals surface area contributed by atoms with Crippen molar-refractivity contribution in [2.45, 2.75) is 6.92 Å². The Morgan fingerprint density at radius 2 is 1.66 bits per heavy atom. The second kappa shape index (κ2) is 8.71. The fourth-order valence-corrected chi connectivity index (χ4v) is 2.42. The highest BCUT2D eigenvalue weighted by Gasteiger charge is 2.11. The van der Waals surface area contributed by atoms with E-state index >= 15 is 0 Å². The first-order chi connectivity index (χ1) is 13.9. The number of hydrazone groups is 1. The molecule has 0 aliphatic heterocycles. The molecular formula is C22H18N2O5. The van der Waals surface area contributed by atoms with Crippen LogP contribution in [0.1, 0.15) is 31.8 Å². The zero-order valence-electron chi connectivity index (χ0n) is 15.5. The van der Waals surface area contributed by atoms with Crippen molar-refractivity contribution in [1.29, 1.82) is 0 Å². The molecule has 0 spiro atoms. The summed E-state index contributed by atoms with van der Waals surface area (Å²) in [5.41, 5.74) is 4.44. The van der Waals surface area contributed by atoms with E-state index in [2.05, 4.69) is 10.5 Å². The Morgan fingerprint density at radius 1 is 0.966 bits per heavy atom. The standard InChI is InChI=1S/C22H18N2O5/c1-14-2-6-16(7-3-14)22(28)29-18-9-4-15(5-10-18)13-23-24-21(27)19-11-8-17(25)12-20(19)26/h2-13,25-26H,1H3,(H,24,27)/b23-13+. The lowest BCUT2D eigenvalue weighted by Crippen LogP contribution is -2.17. The minimum Gasteiger partial charge on any atom is -0.508 e. The van der Waals surface area contributed by atoms with Gasteiger partial charge in [0.2, 0.25) is 0 Å². The Kier molecular flexibility index (Phi) is 5.89. The average Bonchev–Trinajstić information content (AvgIpc) is 2.69. The van der Waals surface area contributed by atoms with Crippen molar-refractivity contribution in [3.05, 3.63) is 89.0 Å². The van der Waals surface area contributed by atoms with Gasteiger partial charge in [0.25, 0.3) is 5.91 Å². The van der Waals surface area contributed by atoms with Crippen LogP contribution in [0.15, 0.2) is 71.8 Å². The van der Waals surface area contributed by atoms with Crippen molar-refractivity contribution < 1.29 is 24.5 Å². The van der Waals surface area contributed by atoms with Crippen LogP contribution >= 0.6 is 0 Å². The molecule has 0 bridgehead atoms. The Bertz CT molecular complexity index is 1060. The van der Waals surface area contributed by atoms with Crippen molar-refractivity contribution in [3.8, 4) is 17.2 Å². The van der Waals surface area contributed by atoms with E-state index in [1.54, 1.807) is 36.4 Å². The summed E-state index contributed by atoms with van der Waals surface area (Å²) >= 11 is 0. The van der Waals surface area contributed by atoms with Gasteiger partial charge in [0, 0.05) is 6.07 Å². The van der Waals surface area contributed by atoms with Crippen LogP contribution < -0.4 is 10.2 Å². The first kappa shape index (κ1) is 19.6. The molecule has 0 atom stereocenters. The molecular weight excluding hydrogens is 372 g/mol. The minimum atomic E-state index is -0.623. The summed E-state index contributed by atoms with van der Waals surface area (Å²) in [5.74, 6) is -1.19. The number of benzene rings is 3. The third-order valence-corrected chi connectivity index (χ3v) is 3.98. The van der Waals surface area contributed by atoms with Gasteiger partial charge >= 0.3 is 5.97 Å². The number of phenols is 2. The van der Waals surface area contributed by atoms with Crippen LogP contribution in [0.4, 0.5) is 0 Å². The number of aromatic hydroxyl groups is 2. The maximum atomic E-state index is 12.1. The van der Waals surface area contributed by atoms with Gasteiger partial charge < -0.3 is 14.9 Å². The number of nitrogens with one attached hydrogen (secondary N) is 1. The van der Waals surface area contributed by atoms with Gasteiger partial charge in [0.1, 0.15) is 17.2 Å². The second-order valence-electron chi connectivity index (χ2n) is 6.23. The van der Waals surface area contributed by atoms with Crippen molar-refractivity contribution in [2.75, 3.05) is 0 Å². The van der Waals surface area contributed by atoms with E-state index < -0.39 is 11.9 Å². The summed E-state index contributed by atoms with van der Waals surface area (Å²) in [6.07, 6.45) is 1.40. The van der Waals surface area contributed by atoms with Crippen molar-refractivity contribution in [1.82, 2.24) is 5.43 Å². The fraction of sp³-hybridized carbons (Fsp3) is 0.0455. The van der Waals surface area contributed by atoms with E-state index in [0.717, 1.165) is 11.6 Å². The summed E-state index contributed by atoms with van der Waals surface area (Å²) in [4.78, 5) is 24.1. The number of carbonyl (C=O) groups is 2. The van der Waals surface area contributed by atoms with Crippen LogP contribution in [0, 0.1) is 6.92 Å². The number of ether oxygens (including phenoxy) is 1. The monoisotopic (exact) mass is 390 g/mol. The fourth-order valence-electron chi connectivity index (χ4n) is 2.42. The number of hydrogen-bond donors (Lipinski definition) is 3. The van der Waals surface area contributed by atoms with Gasteiger partial charge in [-0.15, -0.1) is 0 Å². The lowest BCUT2D eigenvalue weighted by atomic mass is 10.1. The Hall–Kier alpha value is -4.13. The summed E-state index contributed by atoms with van der Waals surface area (Å²) in [6, 6.07) is 17.3. The Balaban J connectivity index is 1.57. The molecule has 3 aromatic rings. The number of carbonyl (C=O) groups excluding carboxylic acids is 2. The number of aryl methyl sites for hydroxylation is 1. The topological polar surface area (TPSA) is 108 Å². The largest absolute Gasteiger partial charge is 0.508 e. The SMILES string of the molecule is Cc1ccc(C(=O)Oc2ccc(/C=N/NC(=O)c3ccc(O)cc3O)cc2)cc1. The maximum Gasteiger partial charge on any atom is 0.343 e. The smallest absolute Gasteiger partial charge is 0.343 e. The zero-order valence-corrected chi connectivity index (χ0v) is 15.5. The highest BCUT2D eigenvalue weighted by molar-refractivity contribution is 5.97. The first-order valence-electron chi connectivity index (χ1n) is 8.66. The molecule has 3 rings (SSSR count). The quantitative estimate of drug-likeness (QED) is 0.268. The van der Waals surface area contributed by atoms with E-state index in [0.29, 0.717) is 16.9 Å². The summed E-state index contributed by atoms with van der Waals surface area (Å²) in [6.45, 7) is 1.94. The van der Waals surface area contributed by atoms with Crippen molar-refractivity contribution >= 4 is 18.1 Å². The van der Waals surface area contributed by atoms with E-state index in [1.807, 2.05) is 19.1 Å². The molecule has 0 heterocycles. The lowest BCUT2D eigenvalue weighted by Gasteiger charge is -2.05. The van der Waals surface area contributed by atoms with E-state index in [9.17, 15) is 19.8 Å². The molecule has 3 aromatic carbocycles. The average molecular weight is 390 g/mol. The highest BCUT2D eigenvalue weighted by atomic mass is 16.5. The number of hydrogen-bond acceptors (Lipinski definition) is 6. The lowest BCUT2D eigenvalue weighted by molar-refractivity contribution is 0.0734. The molecule has 0 aliphatic carbocycles. The molecule has 3 N–H and O–H groups in total. The molecule has 0 aromatic heterocycles. The number of amides is 1. The van der Waals surface area contributed by atoms with Gasteiger partial charge in [-0.1, -0.05) is 17.7 Å². The van der Waals surface area contributed by atoms with Gasteiger partial charge in [0.15, 0.2) is 0 Å². The predicted octanol–water partition coefficient (Wildman–Crippen LogP) is 3.39. The van der Waals surface area contributed by atoms with Crippen LogP contribution in [-0.2, 0) is 0 Å². The van der Waals surface area contributed by atoms with Crippen LogP contribution in [0.5, 0.6) is 17.2 Å². The maximum absolute atomic E-state index is 12.1. The van der Waals surface area contributed by atoms with Crippen LogP contribution in [0.3, 0.4) is 0 Å². The van der Waals surface area contributed by atoms with Crippen molar-refractivity contribution in [2.24, 2.45) is 5.10 Å². The first-order valence-corrected chi connectivity index (χ1v) is 8.66. The van der Waals surface area contributed by atoms with E-state index in [4.69, 9.17) is 4.74 Å². The molecule has 146 valence electrons. The number of rotatable bonds is 5. The van der Waals surface area contributed by atoms with Crippen LogP contribution in [0.2, 0.25) is 0 Å². The van der Waals surface area contributed by atoms with Gasteiger partial charge in [-0.25, -0.2) is 10.2 Å². The number of phenolic OH excluding ortho intramolecular Hbond substituents is 2. The van der Waals surface area contributed by atoms with Gasteiger partial charge in [-0.05, 0) is 61.0 Å². The van der Waals surface area contributed by atoms with Gasteiger partial charge in [0.05, 0.1) is 17.3 Å². The summed E-state index contributed by atoms with van der Waals surface area (Å²) < 4.78 is 5.32. The van der Waals surface area contributed by atoms with Crippen molar-refractivity contribution in [3.63, 3.8) is 0 Å². The third-order valence-electron chi connectivity index (χ3n) is 3.98. The molecule has 0 radical (unpaired) electrons. The molecule has 0 unspecified atom stereocenters.